The van der Waals surface area contributed by atoms with E-state index < -0.39 is 0 Å². The summed E-state index contributed by atoms with van der Waals surface area (Å²) in [5.74, 6) is 0.589. The van der Waals surface area contributed by atoms with Gasteiger partial charge in [-0.15, -0.1) is 0 Å². The van der Waals surface area contributed by atoms with Crippen LogP contribution in [-0.2, 0) is 4.74 Å². The van der Waals surface area contributed by atoms with Crippen molar-refractivity contribution in [1.29, 1.82) is 0 Å². The van der Waals surface area contributed by atoms with Crippen LogP contribution in [0.25, 0.3) is 0 Å². The maximum absolute atomic E-state index is 6.04. The number of hydrogen-bond donors (Lipinski definition) is 1. The summed E-state index contributed by atoms with van der Waals surface area (Å²) in [7, 11) is 0. The van der Waals surface area contributed by atoms with Crippen LogP contribution in [0.15, 0.2) is 24.3 Å². The molecule has 0 amide bonds. The smallest absolute Gasteiger partial charge is 0.0949 e. The van der Waals surface area contributed by atoms with E-state index in [-0.39, 0.29) is 11.5 Å². The van der Waals surface area contributed by atoms with Crippen LogP contribution in [0.5, 0.6) is 0 Å². The predicted molar refractivity (Wildman–Crippen MR) is 75.9 cm³/mol. The Labute approximate surface area is 111 Å². The van der Waals surface area contributed by atoms with Gasteiger partial charge in [0, 0.05) is 18.5 Å². The molecule has 1 atom stereocenters. The van der Waals surface area contributed by atoms with Crippen LogP contribution in [0.1, 0.15) is 50.8 Å². The molecule has 2 rings (SSSR count). The lowest BCUT2D eigenvalue weighted by Crippen LogP contribution is -2.29. The lowest BCUT2D eigenvalue weighted by molar-refractivity contribution is 0.0260. The quantitative estimate of drug-likeness (QED) is 0.863. The molecule has 0 aromatic heterocycles. The Morgan fingerprint density at radius 2 is 1.89 bits per heavy atom. The minimum Gasteiger partial charge on any atom is -0.372 e. The number of rotatable bonds is 2. The first kappa shape index (κ1) is 13.6. The van der Waals surface area contributed by atoms with Gasteiger partial charge in [0.25, 0.3) is 0 Å². The van der Waals surface area contributed by atoms with Gasteiger partial charge >= 0.3 is 0 Å². The van der Waals surface area contributed by atoms with Gasteiger partial charge in [-0.2, -0.15) is 0 Å². The highest BCUT2D eigenvalue weighted by atomic mass is 16.5. The van der Waals surface area contributed by atoms with E-state index in [0.29, 0.717) is 5.92 Å². The largest absolute Gasteiger partial charge is 0.372 e. The Morgan fingerprint density at radius 1 is 1.22 bits per heavy atom. The van der Waals surface area contributed by atoms with Gasteiger partial charge in [-0.05, 0) is 17.0 Å². The molecule has 1 aromatic rings. The first-order valence-corrected chi connectivity index (χ1v) is 6.90. The van der Waals surface area contributed by atoms with E-state index in [1.54, 1.807) is 0 Å². The minimum atomic E-state index is 0.188. The van der Waals surface area contributed by atoms with Gasteiger partial charge in [0.1, 0.15) is 0 Å². The third-order valence-electron chi connectivity index (χ3n) is 3.58. The molecule has 0 radical (unpaired) electrons. The maximum atomic E-state index is 6.04. The van der Waals surface area contributed by atoms with Crippen molar-refractivity contribution in [2.45, 2.75) is 39.7 Å². The summed E-state index contributed by atoms with van der Waals surface area (Å²) in [5, 5.41) is 3.50. The summed E-state index contributed by atoms with van der Waals surface area (Å²) in [4.78, 5) is 0. The van der Waals surface area contributed by atoms with E-state index in [0.717, 1.165) is 19.7 Å². The van der Waals surface area contributed by atoms with Gasteiger partial charge in [0.2, 0.25) is 0 Å². The Morgan fingerprint density at radius 3 is 2.50 bits per heavy atom. The molecule has 1 aliphatic rings. The lowest BCUT2D eigenvalue weighted by Gasteiger charge is -2.21. The molecule has 1 N–H and O–H groups in total. The van der Waals surface area contributed by atoms with E-state index in [1.807, 2.05) is 0 Å². The standard InChI is InChI=1S/C16H25NO/c1-12(2)13-5-7-14(8-6-13)15-9-17-10-16(3,4)11-18-15/h5-8,12,15,17H,9-11H2,1-4H3. The van der Waals surface area contributed by atoms with Crippen LogP contribution in [-0.4, -0.2) is 19.7 Å². The molecule has 1 fully saturated rings. The third-order valence-corrected chi connectivity index (χ3v) is 3.58. The highest BCUT2D eigenvalue weighted by molar-refractivity contribution is 5.26. The van der Waals surface area contributed by atoms with Crippen LogP contribution in [0.4, 0.5) is 0 Å². The molecule has 0 bridgehead atoms. The molecule has 0 aliphatic carbocycles. The molecule has 1 unspecified atom stereocenters. The summed E-state index contributed by atoms with van der Waals surface area (Å²) in [6.07, 6.45) is 0.188. The fourth-order valence-electron chi connectivity index (χ4n) is 2.29. The average Bonchev–Trinajstić information content (AvgIpc) is 2.50. The van der Waals surface area contributed by atoms with Crippen molar-refractivity contribution >= 4 is 0 Å². The van der Waals surface area contributed by atoms with Crippen LogP contribution in [0.3, 0.4) is 0 Å². The topological polar surface area (TPSA) is 21.3 Å². The van der Waals surface area contributed by atoms with Crippen LogP contribution < -0.4 is 5.32 Å². The molecule has 2 heteroatoms. The first-order valence-electron chi connectivity index (χ1n) is 6.90. The molecule has 1 aromatic carbocycles. The van der Waals surface area contributed by atoms with Crippen molar-refractivity contribution in [1.82, 2.24) is 5.32 Å². The Balaban J connectivity index is 2.07. The van der Waals surface area contributed by atoms with Crippen molar-refractivity contribution in [3.8, 4) is 0 Å². The average molecular weight is 247 g/mol. The molecule has 18 heavy (non-hydrogen) atoms. The second-order valence-corrected chi connectivity index (χ2v) is 6.42. The van der Waals surface area contributed by atoms with Crippen LogP contribution in [0, 0.1) is 5.41 Å². The minimum absolute atomic E-state index is 0.188. The number of benzene rings is 1. The van der Waals surface area contributed by atoms with E-state index in [9.17, 15) is 0 Å². The predicted octanol–water partition coefficient (Wildman–Crippen LogP) is 3.50. The molecule has 1 aliphatic heterocycles. The molecule has 0 spiro atoms. The summed E-state index contributed by atoms with van der Waals surface area (Å²) in [6.45, 7) is 11.7. The van der Waals surface area contributed by atoms with Crippen molar-refractivity contribution in [3.63, 3.8) is 0 Å². The Bertz CT molecular complexity index is 381. The molecule has 1 saturated heterocycles. The summed E-state index contributed by atoms with van der Waals surface area (Å²) in [5.41, 5.74) is 2.90. The molecule has 0 saturated carbocycles. The number of ether oxygens (including phenoxy) is 1. The number of hydrogen-bond acceptors (Lipinski definition) is 2. The Hall–Kier alpha value is -0.860. The second kappa shape index (κ2) is 5.41. The van der Waals surface area contributed by atoms with Gasteiger partial charge < -0.3 is 10.1 Å². The SMILES string of the molecule is CC(C)c1ccc(C2CNCC(C)(C)CO2)cc1. The van der Waals surface area contributed by atoms with Crippen LogP contribution in [0.2, 0.25) is 0 Å². The monoisotopic (exact) mass is 247 g/mol. The lowest BCUT2D eigenvalue weighted by atomic mass is 9.95. The van der Waals surface area contributed by atoms with Gasteiger partial charge in [0.15, 0.2) is 0 Å². The molecule has 100 valence electrons. The van der Waals surface area contributed by atoms with Crippen molar-refractivity contribution in [2.24, 2.45) is 5.41 Å². The third kappa shape index (κ3) is 3.33. The maximum Gasteiger partial charge on any atom is 0.0949 e. The van der Waals surface area contributed by atoms with Gasteiger partial charge in [-0.1, -0.05) is 52.0 Å². The highest BCUT2D eigenvalue weighted by Gasteiger charge is 2.25. The zero-order chi connectivity index (χ0) is 13.2. The summed E-state index contributed by atoms with van der Waals surface area (Å²) >= 11 is 0. The Kier molecular flexibility index (Phi) is 4.08. The summed E-state index contributed by atoms with van der Waals surface area (Å²) < 4.78 is 6.04. The van der Waals surface area contributed by atoms with E-state index in [4.69, 9.17) is 4.74 Å². The molecule has 2 nitrogen and oxygen atoms in total. The van der Waals surface area contributed by atoms with Gasteiger partial charge in [-0.3, -0.25) is 0 Å². The molecular weight excluding hydrogens is 222 g/mol. The second-order valence-electron chi connectivity index (χ2n) is 6.42. The summed E-state index contributed by atoms with van der Waals surface area (Å²) in [6, 6.07) is 8.86. The zero-order valence-corrected chi connectivity index (χ0v) is 12.0. The van der Waals surface area contributed by atoms with Crippen molar-refractivity contribution in [3.05, 3.63) is 35.4 Å². The first-order chi connectivity index (χ1) is 8.48. The van der Waals surface area contributed by atoms with E-state index in [2.05, 4.69) is 57.3 Å². The normalized spacial score (nSPS) is 23.9. The fourth-order valence-corrected chi connectivity index (χ4v) is 2.29. The fraction of sp³-hybridized carbons (Fsp3) is 0.625. The van der Waals surface area contributed by atoms with E-state index in [1.165, 1.54) is 11.1 Å². The zero-order valence-electron chi connectivity index (χ0n) is 12.0. The number of nitrogens with one attached hydrogen (secondary N) is 1. The molecular formula is C16H25NO. The van der Waals surface area contributed by atoms with Crippen LogP contribution >= 0.6 is 0 Å². The van der Waals surface area contributed by atoms with Gasteiger partial charge in [0.05, 0.1) is 12.7 Å². The van der Waals surface area contributed by atoms with Crippen molar-refractivity contribution < 1.29 is 4.74 Å². The highest BCUT2D eigenvalue weighted by Crippen LogP contribution is 2.26. The van der Waals surface area contributed by atoms with Crippen molar-refractivity contribution in [2.75, 3.05) is 19.7 Å². The van der Waals surface area contributed by atoms with E-state index >= 15 is 0 Å². The van der Waals surface area contributed by atoms with Gasteiger partial charge in [-0.25, -0.2) is 0 Å². The molecule has 1 heterocycles.